The van der Waals surface area contributed by atoms with Gasteiger partial charge in [-0.25, -0.2) is 0 Å². The van der Waals surface area contributed by atoms with Crippen molar-refractivity contribution in [2.45, 2.75) is 24.7 Å². The Balaban J connectivity index is 2.47. The Morgan fingerprint density at radius 3 is 2.56 bits per heavy atom. The summed E-state index contributed by atoms with van der Waals surface area (Å²) in [6, 6.07) is 0. The van der Waals surface area contributed by atoms with Crippen molar-refractivity contribution < 1.29 is 9.84 Å². The fourth-order valence-corrected chi connectivity index (χ4v) is 0.985. The Morgan fingerprint density at radius 2 is 2.33 bits per heavy atom. The van der Waals surface area contributed by atoms with Crippen LogP contribution in [0.15, 0.2) is 12.7 Å². The Hall–Kier alpha value is -0.340. The van der Waals surface area contributed by atoms with E-state index in [-0.39, 0.29) is 12.2 Å². The lowest BCUT2D eigenvalue weighted by Gasteiger charge is -2.06. The van der Waals surface area contributed by atoms with Gasteiger partial charge in [-0.1, -0.05) is 6.08 Å². The van der Waals surface area contributed by atoms with Crippen LogP contribution >= 0.6 is 0 Å². The average molecular weight is 127 g/mol. The average Bonchev–Trinajstić information content (AvgIpc) is 2.10. The molecule has 1 heterocycles. The lowest BCUT2D eigenvalue weighted by atomic mass is 10.1. The molecule has 0 saturated carbocycles. The van der Waals surface area contributed by atoms with Crippen molar-refractivity contribution in [3.05, 3.63) is 19.6 Å². The minimum Gasteiger partial charge on any atom is -0.390 e. The molecule has 2 nitrogen and oxygen atoms in total. The molecule has 0 aliphatic carbocycles. The van der Waals surface area contributed by atoms with E-state index in [1.165, 1.54) is 0 Å². The van der Waals surface area contributed by atoms with Crippen LogP contribution in [0.5, 0.6) is 0 Å². The third-order valence-corrected chi connectivity index (χ3v) is 1.47. The summed E-state index contributed by atoms with van der Waals surface area (Å²) in [4.78, 5) is 0. The van der Waals surface area contributed by atoms with Gasteiger partial charge < -0.3 is 9.84 Å². The fraction of sp³-hybridized carbons (Fsp3) is 0.571. The molecule has 0 amide bonds. The zero-order valence-electron chi connectivity index (χ0n) is 5.29. The van der Waals surface area contributed by atoms with E-state index in [4.69, 9.17) is 9.84 Å². The first kappa shape index (κ1) is 6.78. The van der Waals surface area contributed by atoms with E-state index in [1.54, 1.807) is 6.08 Å². The van der Waals surface area contributed by atoms with Crippen molar-refractivity contribution in [3.8, 4) is 0 Å². The van der Waals surface area contributed by atoms with Crippen molar-refractivity contribution in [3.63, 3.8) is 0 Å². The number of hydrogen-bond acceptors (Lipinski definition) is 2. The van der Waals surface area contributed by atoms with Crippen molar-refractivity contribution in [1.82, 2.24) is 0 Å². The van der Waals surface area contributed by atoms with Crippen LogP contribution in [0.3, 0.4) is 0 Å². The third kappa shape index (κ3) is 1.32. The highest BCUT2D eigenvalue weighted by Gasteiger charge is 2.28. The second-order valence-corrected chi connectivity index (χ2v) is 2.26. The monoisotopic (exact) mass is 127 g/mol. The first-order valence-electron chi connectivity index (χ1n) is 3.03. The SMILES string of the molecule is [CH2][C@H]1C[C@H](O)[C@H](C=C)O1. The number of aliphatic hydroxyl groups is 1. The Morgan fingerprint density at radius 1 is 1.67 bits per heavy atom. The van der Waals surface area contributed by atoms with E-state index >= 15 is 0 Å². The summed E-state index contributed by atoms with van der Waals surface area (Å²) < 4.78 is 5.14. The summed E-state index contributed by atoms with van der Waals surface area (Å²) in [5, 5.41) is 9.12. The topological polar surface area (TPSA) is 29.5 Å². The molecular formula is C7H11O2. The number of aliphatic hydroxyl groups excluding tert-OH is 1. The predicted molar refractivity (Wildman–Crippen MR) is 34.8 cm³/mol. The largest absolute Gasteiger partial charge is 0.390 e. The van der Waals surface area contributed by atoms with E-state index in [1.807, 2.05) is 0 Å². The Bertz CT molecular complexity index is 111. The molecule has 0 aromatic rings. The van der Waals surface area contributed by atoms with Crippen molar-refractivity contribution in [2.75, 3.05) is 0 Å². The molecule has 0 aromatic carbocycles. The first-order chi connectivity index (χ1) is 4.24. The van der Waals surface area contributed by atoms with E-state index in [0.29, 0.717) is 6.42 Å². The third-order valence-electron chi connectivity index (χ3n) is 1.47. The van der Waals surface area contributed by atoms with Gasteiger partial charge in [0.2, 0.25) is 0 Å². The summed E-state index contributed by atoms with van der Waals surface area (Å²) >= 11 is 0. The van der Waals surface area contributed by atoms with Crippen LogP contribution in [-0.4, -0.2) is 23.4 Å². The summed E-state index contributed by atoms with van der Waals surface area (Å²) in [5.74, 6) is 0. The number of rotatable bonds is 1. The molecule has 9 heavy (non-hydrogen) atoms. The van der Waals surface area contributed by atoms with Gasteiger partial charge in [-0.05, 0) is 6.92 Å². The summed E-state index contributed by atoms with van der Waals surface area (Å²) in [6.45, 7) is 7.17. The van der Waals surface area contributed by atoms with Gasteiger partial charge in [0.05, 0.1) is 12.2 Å². The number of hydrogen-bond donors (Lipinski definition) is 1. The summed E-state index contributed by atoms with van der Waals surface area (Å²) in [6.07, 6.45) is 1.56. The highest BCUT2D eigenvalue weighted by Crippen LogP contribution is 2.19. The minimum atomic E-state index is -0.398. The lowest BCUT2D eigenvalue weighted by Crippen LogP contribution is -2.16. The summed E-state index contributed by atoms with van der Waals surface area (Å²) in [5.41, 5.74) is 0. The molecular weight excluding hydrogens is 116 g/mol. The van der Waals surface area contributed by atoms with Crippen molar-refractivity contribution in [1.29, 1.82) is 0 Å². The van der Waals surface area contributed by atoms with Gasteiger partial charge in [-0.15, -0.1) is 6.58 Å². The van der Waals surface area contributed by atoms with E-state index in [2.05, 4.69) is 13.5 Å². The first-order valence-corrected chi connectivity index (χ1v) is 3.03. The Labute approximate surface area is 55.1 Å². The van der Waals surface area contributed by atoms with Gasteiger partial charge in [-0.3, -0.25) is 0 Å². The second-order valence-electron chi connectivity index (χ2n) is 2.26. The van der Waals surface area contributed by atoms with Crippen LogP contribution in [-0.2, 0) is 4.74 Å². The van der Waals surface area contributed by atoms with Gasteiger partial charge in [0.15, 0.2) is 0 Å². The normalized spacial score (nSPS) is 43.1. The zero-order chi connectivity index (χ0) is 6.85. The molecule has 1 aliphatic heterocycles. The van der Waals surface area contributed by atoms with E-state index in [0.717, 1.165) is 0 Å². The van der Waals surface area contributed by atoms with Crippen LogP contribution in [0.25, 0.3) is 0 Å². The smallest absolute Gasteiger partial charge is 0.102 e. The maximum Gasteiger partial charge on any atom is 0.102 e. The van der Waals surface area contributed by atoms with Gasteiger partial charge in [0.25, 0.3) is 0 Å². The molecule has 1 radical (unpaired) electrons. The highest BCUT2D eigenvalue weighted by atomic mass is 16.5. The standard InChI is InChI=1S/C7H11O2/c1-3-7-6(8)4-5(2)9-7/h3,5-8H,1-2,4H2/t5-,6-,7-/m0/s1. The maximum absolute atomic E-state index is 9.12. The summed E-state index contributed by atoms with van der Waals surface area (Å²) in [7, 11) is 0. The van der Waals surface area contributed by atoms with E-state index in [9.17, 15) is 0 Å². The fourth-order valence-electron chi connectivity index (χ4n) is 0.985. The van der Waals surface area contributed by atoms with Crippen LogP contribution in [0.2, 0.25) is 0 Å². The molecule has 1 rings (SSSR count). The minimum absolute atomic E-state index is 0.0667. The second kappa shape index (κ2) is 2.50. The molecule has 1 aliphatic rings. The van der Waals surface area contributed by atoms with Gasteiger partial charge in [0, 0.05) is 6.42 Å². The van der Waals surface area contributed by atoms with Gasteiger partial charge >= 0.3 is 0 Å². The van der Waals surface area contributed by atoms with Crippen molar-refractivity contribution in [2.24, 2.45) is 0 Å². The van der Waals surface area contributed by atoms with Crippen molar-refractivity contribution >= 4 is 0 Å². The maximum atomic E-state index is 9.12. The quantitative estimate of drug-likeness (QED) is 0.520. The molecule has 0 bridgehead atoms. The Kier molecular flexibility index (Phi) is 1.88. The van der Waals surface area contributed by atoms with E-state index < -0.39 is 6.10 Å². The number of ether oxygens (including phenoxy) is 1. The van der Waals surface area contributed by atoms with Crippen LogP contribution in [0.4, 0.5) is 0 Å². The molecule has 1 fully saturated rings. The molecule has 2 heteroatoms. The van der Waals surface area contributed by atoms with Gasteiger partial charge in [-0.2, -0.15) is 0 Å². The van der Waals surface area contributed by atoms with Crippen LogP contribution in [0.1, 0.15) is 6.42 Å². The molecule has 0 unspecified atom stereocenters. The molecule has 1 N–H and O–H groups in total. The zero-order valence-corrected chi connectivity index (χ0v) is 5.29. The molecule has 51 valence electrons. The molecule has 3 atom stereocenters. The molecule has 1 saturated heterocycles. The lowest BCUT2D eigenvalue weighted by molar-refractivity contribution is 0.0553. The highest BCUT2D eigenvalue weighted by molar-refractivity contribution is 4.93. The molecule has 0 spiro atoms. The van der Waals surface area contributed by atoms with Crippen LogP contribution in [0, 0.1) is 6.92 Å². The predicted octanol–water partition coefficient (Wildman–Crippen LogP) is 0.525. The molecule has 0 aromatic heterocycles. The van der Waals surface area contributed by atoms with Crippen LogP contribution < -0.4 is 0 Å². The van der Waals surface area contributed by atoms with Gasteiger partial charge in [0.1, 0.15) is 6.10 Å².